The molecule has 1 aromatic carbocycles. The molecule has 4 nitrogen and oxygen atoms in total. The maximum Gasteiger partial charge on any atom is 0.310 e. The van der Waals surface area contributed by atoms with Crippen molar-refractivity contribution in [1.82, 2.24) is 0 Å². The molecule has 0 bridgehead atoms. The van der Waals surface area contributed by atoms with Crippen molar-refractivity contribution in [3.05, 3.63) is 28.2 Å². The molecule has 0 spiro atoms. The minimum atomic E-state index is -0.177. The predicted molar refractivity (Wildman–Crippen MR) is 75.7 cm³/mol. The number of ether oxygens (including phenoxy) is 1. The van der Waals surface area contributed by atoms with Crippen molar-refractivity contribution in [1.29, 1.82) is 5.26 Å². The summed E-state index contributed by atoms with van der Waals surface area (Å²) in [5.41, 5.74) is 1.50. The Hall–Kier alpha value is -1.54. The molecular formula is C14H15BrN2O2. The topological polar surface area (TPSA) is 53.3 Å². The predicted octanol–water partition coefficient (Wildman–Crippen LogP) is 2.57. The van der Waals surface area contributed by atoms with Crippen LogP contribution in [0.5, 0.6) is 0 Å². The van der Waals surface area contributed by atoms with E-state index in [9.17, 15) is 10.1 Å². The molecule has 0 aromatic heterocycles. The van der Waals surface area contributed by atoms with E-state index in [2.05, 4.69) is 26.9 Å². The molecule has 1 heterocycles. The molecule has 5 heteroatoms. The van der Waals surface area contributed by atoms with Crippen LogP contribution in [0.1, 0.15) is 12.5 Å². The standard InChI is InChI=1S/C14H15BrN2O2/c1-9-7-17(8-12(9)14(18)19-2)13-5-11(15)4-3-10(13)6-16/h3-5,9,12H,7-8H2,1-2H3. The molecule has 0 aliphatic carbocycles. The van der Waals surface area contributed by atoms with Crippen LogP contribution in [0.3, 0.4) is 0 Å². The Morgan fingerprint density at radius 1 is 1.53 bits per heavy atom. The molecule has 2 unspecified atom stereocenters. The number of benzene rings is 1. The van der Waals surface area contributed by atoms with Gasteiger partial charge in [0.2, 0.25) is 0 Å². The Labute approximate surface area is 121 Å². The van der Waals surface area contributed by atoms with Crippen molar-refractivity contribution in [3.8, 4) is 6.07 Å². The van der Waals surface area contributed by atoms with Crippen LogP contribution >= 0.6 is 15.9 Å². The minimum Gasteiger partial charge on any atom is -0.469 e. The van der Waals surface area contributed by atoms with E-state index >= 15 is 0 Å². The molecule has 1 saturated heterocycles. The van der Waals surface area contributed by atoms with Crippen LogP contribution in [0.25, 0.3) is 0 Å². The van der Waals surface area contributed by atoms with Crippen LogP contribution in [0.15, 0.2) is 22.7 Å². The average Bonchev–Trinajstić information content (AvgIpc) is 2.79. The minimum absolute atomic E-state index is 0.129. The first kappa shape index (κ1) is 13.9. The first-order valence-electron chi connectivity index (χ1n) is 6.09. The first-order chi connectivity index (χ1) is 9.06. The summed E-state index contributed by atoms with van der Waals surface area (Å²) >= 11 is 3.42. The quantitative estimate of drug-likeness (QED) is 0.785. The fraction of sp³-hybridized carbons (Fsp3) is 0.429. The van der Waals surface area contributed by atoms with E-state index < -0.39 is 0 Å². The van der Waals surface area contributed by atoms with Crippen LogP contribution in [0.4, 0.5) is 5.69 Å². The Kier molecular flexibility index (Phi) is 4.11. The second-order valence-electron chi connectivity index (χ2n) is 4.79. The summed E-state index contributed by atoms with van der Waals surface area (Å²) in [6.07, 6.45) is 0. The van der Waals surface area contributed by atoms with E-state index in [-0.39, 0.29) is 17.8 Å². The molecular weight excluding hydrogens is 308 g/mol. The van der Waals surface area contributed by atoms with Gasteiger partial charge in [0.25, 0.3) is 0 Å². The molecule has 19 heavy (non-hydrogen) atoms. The maximum atomic E-state index is 11.7. The van der Waals surface area contributed by atoms with Crippen molar-refractivity contribution in [3.63, 3.8) is 0 Å². The molecule has 0 N–H and O–H groups in total. The second-order valence-corrected chi connectivity index (χ2v) is 5.70. The van der Waals surface area contributed by atoms with Gasteiger partial charge in [-0.3, -0.25) is 4.79 Å². The number of carbonyl (C=O) groups excluding carboxylic acids is 1. The van der Waals surface area contributed by atoms with Crippen LogP contribution in [-0.2, 0) is 9.53 Å². The van der Waals surface area contributed by atoms with Gasteiger partial charge in [-0.1, -0.05) is 22.9 Å². The van der Waals surface area contributed by atoms with E-state index in [1.54, 1.807) is 6.07 Å². The van der Waals surface area contributed by atoms with E-state index in [1.807, 2.05) is 19.1 Å². The molecule has 2 atom stereocenters. The normalized spacial score (nSPS) is 22.1. The van der Waals surface area contributed by atoms with Gasteiger partial charge in [0.15, 0.2) is 0 Å². The molecule has 1 aliphatic rings. The molecule has 0 radical (unpaired) electrons. The lowest BCUT2D eigenvalue weighted by Crippen LogP contribution is -2.24. The van der Waals surface area contributed by atoms with E-state index in [4.69, 9.17) is 4.74 Å². The lowest BCUT2D eigenvalue weighted by molar-refractivity contribution is -0.145. The number of esters is 1. The third-order valence-corrected chi connectivity index (χ3v) is 4.03. The molecule has 1 aromatic rings. The third-order valence-electron chi connectivity index (χ3n) is 3.54. The Balaban J connectivity index is 2.28. The number of hydrogen-bond donors (Lipinski definition) is 0. The average molecular weight is 323 g/mol. The second kappa shape index (κ2) is 5.62. The monoisotopic (exact) mass is 322 g/mol. The van der Waals surface area contributed by atoms with E-state index in [0.717, 1.165) is 16.7 Å². The summed E-state index contributed by atoms with van der Waals surface area (Å²) in [6.45, 7) is 3.38. The number of hydrogen-bond acceptors (Lipinski definition) is 4. The zero-order chi connectivity index (χ0) is 14.0. The van der Waals surface area contributed by atoms with Gasteiger partial charge in [0, 0.05) is 17.6 Å². The lowest BCUT2D eigenvalue weighted by Gasteiger charge is -2.20. The number of nitrogens with zero attached hydrogens (tertiary/aromatic N) is 2. The van der Waals surface area contributed by atoms with Gasteiger partial charge in [-0.2, -0.15) is 5.26 Å². The Bertz CT molecular complexity index is 539. The van der Waals surface area contributed by atoms with Gasteiger partial charge in [0.05, 0.1) is 24.3 Å². The fourth-order valence-corrected chi connectivity index (χ4v) is 2.83. The van der Waals surface area contributed by atoms with Gasteiger partial charge in [-0.25, -0.2) is 0 Å². The molecule has 0 amide bonds. The Morgan fingerprint density at radius 2 is 2.26 bits per heavy atom. The van der Waals surface area contributed by atoms with Gasteiger partial charge >= 0.3 is 5.97 Å². The summed E-state index contributed by atoms with van der Waals surface area (Å²) in [7, 11) is 1.41. The summed E-state index contributed by atoms with van der Waals surface area (Å²) in [4.78, 5) is 13.8. The molecule has 1 aliphatic heterocycles. The van der Waals surface area contributed by atoms with Gasteiger partial charge in [-0.05, 0) is 24.1 Å². The number of anilines is 1. The number of halogens is 1. The highest BCUT2D eigenvalue weighted by molar-refractivity contribution is 9.10. The summed E-state index contributed by atoms with van der Waals surface area (Å²) in [5, 5.41) is 9.17. The van der Waals surface area contributed by atoms with Crippen molar-refractivity contribution < 1.29 is 9.53 Å². The fourth-order valence-electron chi connectivity index (χ4n) is 2.48. The smallest absolute Gasteiger partial charge is 0.310 e. The van der Waals surface area contributed by atoms with Gasteiger partial charge in [0.1, 0.15) is 6.07 Å². The van der Waals surface area contributed by atoms with Gasteiger partial charge < -0.3 is 9.64 Å². The van der Waals surface area contributed by atoms with Crippen molar-refractivity contribution in [2.75, 3.05) is 25.1 Å². The highest BCUT2D eigenvalue weighted by atomic mass is 79.9. The summed E-state index contributed by atoms with van der Waals surface area (Å²) in [5.74, 6) is -0.0861. The van der Waals surface area contributed by atoms with E-state index in [0.29, 0.717) is 12.1 Å². The van der Waals surface area contributed by atoms with Crippen molar-refractivity contribution in [2.45, 2.75) is 6.92 Å². The maximum absolute atomic E-state index is 11.7. The number of methoxy groups -OCH3 is 1. The first-order valence-corrected chi connectivity index (χ1v) is 6.88. The number of carbonyl (C=O) groups is 1. The Morgan fingerprint density at radius 3 is 2.89 bits per heavy atom. The highest BCUT2D eigenvalue weighted by Crippen LogP contribution is 2.32. The zero-order valence-corrected chi connectivity index (χ0v) is 12.5. The van der Waals surface area contributed by atoms with E-state index in [1.165, 1.54) is 7.11 Å². The molecule has 2 rings (SSSR count). The number of rotatable bonds is 2. The molecule has 1 fully saturated rings. The largest absolute Gasteiger partial charge is 0.469 e. The third kappa shape index (κ3) is 2.74. The van der Waals surface area contributed by atoms with Crippen LogP contribution in [0.2, 0.25) is 0 Å². The van der Waals surface area contributed by atoms with Gasteiger partial charge in [-0.15, -0.1) is 0 Å². The van der Waals surface area contributed by atoms with Crippen molar-refractivity contribution >= 4 is 27.6 Å². The highest BCUT2D eigenvalue weighted by Gasteiger charge is 2.36. The molecule has 100 valence electrons. The SMILES string of the molecule is COC(=O)C1CN(c2cc(Br)ccc2C#N)CC1C. The molecule has 0 saturated carbocycles. The van der Waals surface area contributed by atoms with Crippen LogP contribution in [-0.4, -0.2) is 26.2 Å². The summed E-state index contributed by atoms with van der Waals surface area (Å²) < 4.78 is 5.76. The lowest BCUT2D eigenvalue weighted by atomic mass is 9.99. The summed E-state index contributed by atoms with van der Waals surface area (Å²) in [6, 6.07) is 7.75. The van der Waals surface area contributed by atoms with Crippen LogP contribution < -0.4 is 4.90 Å². The van der Waals surface area contributed by atoms with Crippen LogP contribution in [0, 0.1) is 23.2 Å². The zero-order valence-electron chi connectivity index (χ0n) is 10.9. The number of nitriles is 1. The van der Waals surface area contributed by atoms with Crippen molar-refractivity contribution in [2.24, 2.45) is 11.8 Å².